The summed E-state index contributed by atoms with van der Waals surface area (Å²) in [6, 6.07) is 0. The zero-order chi connectivity index (χ0) is 31.4. The van der Waals surface area contributed by atoms with E-state index in [-0.39, 0.29) is 13.1 Å². The average molecular weight is 573 g/mol. The first-order chi connectivity index (χ1) is 18.0. The topological polar surface area (TPSA) is 112 Å². The second-order valence-corrected chi connectivity index (χ2v) is 14.1. The van der Waals surface area contributed by atoms with Gasteiger partial charge in [-0.1, -0.05) is 38.5 Å². The van der Waals surface area contributed by atoms with E-state index in [1.165, 1.54) is 0 Å². The van der Waals surface area contributed by atoms with Crippen LogP contribution in [0.25, 0.3) is 0 Å². The number of hydrogen-bond acceptors (Lipinski definition) is 8. The van der Waals surface area contributed by atoms with Gasteiger partial charge in [0.05, 0.1) is 0 Å². The van der Waals surface area contributed by atoms with Gasteiger partial charge in [0.1, 0.15) is 22.4 Å². The Morgan fingerprint density at radius 1 is 0.375 bits per heavy atom. The Hall–Kier alpha value is -2.52. The molecule has 0 saturated heterocycles. The van der Waals surface area contributed by atoms with Crippen LogP contribution < -0.4 is 0 Å². The lowest BCUT2D eigenvalue weighted by molar-refractivity contribution is -0.00101. The van der Waals surface area contributed by atoms with Crippen LogP contribution in [0.4, 0.5) is 19.2 Å². The summed E-state index contributed by atoms with van der Waals surface area (Å²) < 4.78 is 21.5. The van der Waals surface area contributed by atoms with Crippen LogP contribution in [0.1, 0.15) is 134 Å². The van der Waals surface area contributed by atoms with Crippen LogP contribution in [-0.4, -0.2) is 69.7 Å². The lowest BCUT2D eigenvalue weighted by atomic mass is 10.1. The third-order valence-corrected chi connectivity index (χ3v) is 4.97. The van der Waals surface area contributed by atoms with Crippen molar-refractivity contribution in [3.05, 3.63) is 0 Å². The van der Waals surface area contributed by atoms with Crippen LogP contribution in [0, 0.1) is 0 Å². The van der Waals surface area contributed by atoms with Crippen LogP contribution in [0.3, 0.4) is 0 Å². The highest BCUT2D eigenvalue weighted by atomic mass is 16.6. The van der Waals surface area contributed by atoms with Crippen molar-refractivity contribution in [3.8, 4) is 0 Å². The first-order valence-electron chi connectivity index (χ1n) is 14.5. The quantitative estimate of drug-likeness (QED) is 0.179. The molecule has 0 aromatic heterocycles. The summed E-state index contributed by atoms with van der Waals surface area (Å²) in [5.41, 5.74) is -2.86. The molecule has 0 aliphatic carbocycles. The maximum atomic E-state index is 12.6. The van der Waals surface area contributed by atoms with Crippen molar-refractivity contribution in [2.24, 2.45) is 0 Å². The monoisotopic (exact) mass is 572 g/mol. The molecule has 0 aliphatic heterocycles. The molecule has 0 bridgehead atoms. The third-order valence-electron chi connectivity index (χ3n) is 4.97. The predicted octanol–water partition coefficient (Wildman–Crippen LogP) is 8.45. The fraction of sp³-hybridized carbons (Fsp3) is 0.867. The molecule has 0 heterocycles. The third kappa shape index (κ3) is 19.5. The standard InChI is InChI=1S/C30H56N2O8/c1-27(2,3)37-23(33)31(24(34)38-28(4,5)6)21-19-17-15-13-14-16-18-20-22-32(25(35)39-29(7,8)9)26(36)40-30(10,11)12/h13-22H2,1-12H3. The molecular weight excluding hydrogens is 516 g/mol. The number of unbranched alkanes of at least 4 members (excludes halogenated alkanes) is 7. The van der Waals surface area contributed by atoms with Crippen molar-refractivity contribution in [2.75, 3.05) is 13.1 Å². The average Bonchev–Trinajstić information content (AvgIpc) is 2.69. The van der Waals surface area contributed by atoms with Crippen molar-refractivity contribution in [3.63, 3.8) is 0 Å². The van der Waals surface area contributed by atoms with Gasteiger partial charge < -0.3 is 18.9 Å². The SMILES string of the molecule is CC(C)(C)OC(=O)N(CCCCCCCCCCN(C(=O)OC(C)(C)C)C(=O)OC(C)(C)C)C(=O)OC(C)(C)C. The fourth-order valence-electron chi connectivity index (χ4n) is 3.38. The lowest BCUT2D eigenvalue weighted by Crippen LogP contribution is -2.44. The summed E-state index contributed by atoms with van der Waals surface area (Å²) in [7, 11) is 0. The zero-order valence-electron chi connectivity index (χ0n) is 27.2. The molecule has 10 heteroatoms. The molecule has 0 unspecified atom stereocenters. The highest BCUT2D eigenvalue weighted by Gasteiger charge is 2.32. The van der Waals surface area contributed by atoms with Gasteiger partial charge in [0.2, 0.25) is 0 Å². The van der Waals surface area contributed by atoms with E-state index in [4.69, 9.17) is 18.9 Å². The number of nitrogens with zero attached hydrogens (tertiary/aromatic N) is 2. The smallest absolute Gasteiger partial charge is 0.419 e. The molecule has 0 radical (unpaired) electrons. The fourth-order valence-corrected chi connectivity index (χ4v) is 3.38. The largest absolute Gasteiger partial charge is 0.443 e. The van der Waals surface area contributed by atoms with E-state index in [9.17, 15) is 19.2 Å². The number of amides is 4. The van der Waals surface area contributed by atoms with Gasteiger partial charge in [0.15, 0.2) is 0 Å². The van der Waals surface area contributed by atoms with Crippen molar-refractivity contribution < 1.29 is 38.1 Å². The second kappa shape index (κ2) is 16.1. The van der Waals surface area contributed by atoms with E-state index in [1.54, 1.807) is 83.1 Å². The summed E-state index contributed by atoms with van der Waals surface area (Å²) in [6.07, 6.45) is 4.13. The van der Waals surface area contributed by atoms with Crippen LogP contribution in [0.2, 0.25) is 0 Å². The molecule has 0 saturated carbocycles. The van der Waals surface area contributed by atoms with Gasteiger partial charge in [-0.15, -0.1) is 0 Å². The van der Waals surface area contributed by atoms with E-state index in [0.717, 1.165) is 48.3 Å². The van der Waals surface area contributed by atoms with E-state index >= 15 is 0 Å². The molecule has 0 aliphatic rings. The normalized spacial score (nSPS) is 12.4. The Morgan fingerprint density at radius 3 is 0.725 bits per heavy atom. The molecule has 0 atom stereocenters. The maximum Gasteiger partial charge on any atom is 0.419 e. The summed E-state index contributed by atoms with van der Waals surface area (Å²) in [5.74, 6) is 0. The number of imide groups is 2. The molecule has 0 N–H and O–H groups in total. The Morgan fingerprint density at radius 2 is 0.550 bits per heavy atom. The molecule has 0 rings (SSSR count). The number of carbonyl (C=O) groups excluding carboxylic acids is 4. The Bertz CT molecular complexity index is 690. The highest BCUT2D eigenvalue weighted by molar-refractivity contribution is 5.88. The minimum Gasteiger partial charge on any atom is -0.443 e. The Balaban J connectivity index is 4.55. The molecule has 0 spiro atoms. The number of hydrogen-bond donors (Lipinski definition) is 0. The molecule has 0 aromatic carbocycles. The summed E-state index contributed by atoms with van der Waals surface area (Å²) in [6.45, 7) is 21.5. The number of rotatable bonds is 11. The van der Waals surface area contributed by atoms with E-state index < -0.39 is 46.8 Å². The van der Waals surface area contributed by atoms with Gasteiger partial charge in [-0.2, -0.15) is 0 Å². The van der Waals surface area contributed by atoms with Crippen LogP contribution >= 0.6 is 0 Å². The minimum atomic E-state index is -0.714. The van der Waals surface area contributed by atoms with Gasteiger partial charge in [-0.25, -0.2) is 29.0 Å². The zero-order valence-corrected chi connectivity index (χ0v) is 27.2. The van der Waals surface area contributed by atoms with E-state index in [2.05, 4.69) is 0 Å². The van der Waals surface area contributed by atoms with Gasteiger partial charge in [0.25, 0.3) is 0 Å². The molecule has 4 amide bonds. The Kier molecular flexibility index (Phi) is 15.0. The molecular formula is C30H56N2O8. The molecule has 234 valence electrons. The summed E-state index contributed by atoms with van der Waals surface area (Å²) in [4.78, 5) is 52.3. The summed E-state index contributed by atoms with van der Waals surface area (Å²) in [5, 5.41) is 0. The minimum absolute atomic E-state index is 0.231. The predicted molar refractivity (Wildman–Crippen MR) is 155 cm³/mol. The Labute approximate surface area is 242 Å². The number of ether oxygens (including phenoxy) is 4. The molecule has 40 heavy (non-hydrogen) atoms. The first kappa shape index (κ1) is 37.5. The van der Waals surface area contributed by atoms with Gasteiger partial charge >= 0.3 is 24.4 Å². The molecule has 10 nitrogen and oxygen atoms in total. The van der Waals surface area contributed by atoms with Crippen molar-refractivity contribution >= 4 is 24.4 Å². The van der Waals surface area contributed by atoms with Crippen molar-refractivity contribution in [1.82, 2.24) is 9.80 Å². The lowest BCUT2D eigenvalue weighted by Gasteiger charge is -2.28. The van der Waals surface area contributed by atoms with Crippen LogP contribution in [0.5, 0.6) is 0 Å². The van der Waals surface area contributed by atoms with Crippen LogP contribution in [-0.2, 0) is 18.9 Å². The van der Waals surface area contributed by atoms with E-state index in [1.807, 2.05) is 0 Å². The van der Waals surface area contributed by atoms with Crippen molar-refractivity contribution in [2.45, 2.75) is 157 Å². The van der Waals surface area contributed by atoms with Crippen LogP contribution in [0.15, 0.2) is 0 Å². The highest BCUT2D eigenvalue weighted by Crippen LogP contribution is 2.18. The first-order valence-corrected chi connectivity index (χ1v) is 14.5. The van der Waals surface area contributed by atoms with Gasteiger partial charge in [0, 0.05) is 13.1 Å². The van der Waals surface area contributed by atoms with E-state index in [0.29, 0.717) is 12.8 Å². The van der Waals surface area contributed by atoms with Crippen molar-refractivity contribution in [1.29, 1.82) is 0 Å². The molecule has 0 fully saturated rings. The van der Waals surface area contributed by atoms with Gasteiger partial charge in [-0.3, -0.25) is 0 Å². The molecule has 0 aromatic rings. The number of carbonyl (C=O) groups is 4. The summed E-state index contributed by atoms with van der Waals surface area (Å²) >= 11 is 0. The second-order valence-electron chi connectivity index (χ2n) is 14.1. The maximum absolute atomic E-state index is 12.6. The van der Waals surface area contributed by atoms with Gasteiger partial charge in [-0.05, 0) is 95.9 Å².